The Morgan fingerprint density at radius 1 is 1.12 bits per heavy atom. The predicted molar refractivity (Wildman–Crippen MR) is 94.3 cm³/mol. The van der Waals surface area contributed by atoms with Gasteiger partial charge < -0.3 is 16.0 Å². The van der Waals surface area contributed by atoms with Crippen molar-refractivity contribution >= 4 is 11.9 Å². The Kier molecular flexibility index (Phi) is 10.7. The molecule has 1 rings (SSSR count). The zero-order valence-corrected chi connectivity index (χ0v) is 14.9. The van der Waals surface area contributed by atoms with Crippen LogP contribution in [0.3, 0.4) is 0 Å². The predicted octanol–water partition coefficient (Wildman–Crippen LogP) is 2.84. The smallest absolute Gasteiger partial charge is 0.315 e. The molecule has 6 heteroatoms. The maximum absolute atomic E-state index is 12.2. The third-order valence-corrected chi connectivity index (χ3v) is 4.57. The van der Waals surface area contributed by atoms with Crippen LogP contribution in [0.1, 0.15) is 71.1 Å². The number of rotatable bonds is 10. The summed E-state index contributed by atoms with van der Waals surface area (Å²) in [6.45, 7) is 2.75. The van der Waals surface area contributed by atoms with Crippen molar-refractivity contribution in [2.24, 2.45) is 5.92 Å². The summed E-state index contributed by atoms with van der Waals surface area (Å²) >= 11 is 0. The normalized spacial score (nSPS) is 16.0. The zero-order valence-electron chi connectivity index (χ0n) is 14.9. The Bertz CT molecular complexity index is 414. The van der Waals surface area contributed by atoms with Crippen molar-refractivity contribution in [3.8, 4) is 6.07 Å². The summed E-state index contributed by atoms with van der Waals surface area (Å²) in [7, 11) is 0. The quantitative estimate of drug-likeness (QED) is 0.423. The first-order valence-corrected chi connectivity index (χ1v) is 9.36. The molecule has 0 unspecified atom stereocenters. The first-order valence-electron chi connectivity index (χ1n) is 9.36. The van der Waals surface area contributed by atoms with E-state index in [9.17, 15) is 9.59 Å². The number of nitriles is 1. The molecule has 1 saturated carbocycles. The third kappa shape index (κ3) is 8.76. The van der Waals surface area contributed by atoms with E-state index in [1.165, 1.54) is 25.7 Å². The van der Waals surface area contributed by atoms with E-state index in [0.717, 1.165) is 32.1 Å². The number of carbonyl (C=O) groups excluding carboxylic acids is 2. The van der Waals surface area contributed by atoms with Crippen molar-refractivity contribution in [1.82, 2.24) is 16.0 Å². The SMILES string of the molecule is CCCCCCNC(=O)N[C@@H](CC1CCCCC1)C(=O)NCC#N. The fourth-order valence-corrected chi connectivity index (χ4v) is 3.20. The van der Waals surface area contributed by atoms with Gasteiger partial charge in [0, 0.05) is 6.54 Å². The van der Waals surface area contributed by atoms with Gasteiger partial charge in [-0.2, -0.15) is 5.26 Å². The second-order valence-electron chi connectivity index (χ2n) is 6.63. The van der Waals surface area contributed by atoms with Gasteiger partial charge in [0.25, 0.3) is 0 Å². The molecule has 3 N–H and O–H groups in total. The van der Waals surface area contributed by atoms with Gasteiger partial charge in [0.2, 0.25) is 5.91 Å². The van der Waals surface area contributed by atoms with Gasteiger partial charge in [-0.15, -0.1) is 0 Å². The van der Waals surface area contributed by atoms with Gasteiger partial charge in [-0.3, -0.25) is 4.79 Å². The molecule has 0 spiro atoms. The molecule has 1 atom stereocenters. The summed E-state index contributed by atoms with van der Waals surface area (Å²) < 4.78 is 0. The second kappa shape index (κ2) is 12.6. The molecule has 0 bridgehead atoms. The van der Waals surface area contributed by atoms with Crippen molar-refractivity contribution in [3.63, 3.8) is 0 Å². The highest BCUT2D eigenvalue weighted by atomic mass is 16.2. The van der Waals surface area contributed by atoms with Crippen molar-refractivity contribution in [2.45, 2.75) is 77.2 Å². The molecule has 0 aromatic heterocycles. The summed E-state index contributed by atoms with van der Waals surface area (Å²) in [6, 6.07) is 1.05. The number of nitrogens with one attached hydrogen (secondary N) is 3. The maximum Gasteiger partial charge on any atom is 0.315 e. The number of hydrogen-bond acceptors (Lipinski definition) is 3. The van der Waals surface area contributed by atoms with Gasteiger partial charge in [-0.25, -0.2) is 4.79 Å². The number of carbonyl (C=O) groups is 2. The molecule has 0 aromatic rings. The van der Waals surface area contributed by atoms with E-state index >= 15 is 0 Å². The minimum absolute atomic E-state index is 0.0275. The van der Waals surface area contributed by atoms with Crippen LogP contribution >= 0.6 is 0 Å². The average molecular weight is 336 g/mol. The van der Waals surface area contributed by atoms with E-state index in [-0.39, 0.29) is 18.5 Å². The molecule has 1 fully saturated rings. The number of urea groups is 1. The molecule has 0 saturated heterocycles. The van der Waals surface area contributed by atoms with E-state index in [2.05, 4.69) is 22.9 Å². The van der Waals surface area contributed by atoms with Crippen LogP contribution in [-0.2, 0) is 4.79 Å². The monoisotopic (exact) mass is 336 g/mol. The topological polar surface area (TPSA) is 94.0 Å². The molecule has 0 aromatic carbocycles. The van der Waals surface area contributed by atoms with Crippen LogP contribution in [0.2, 0.25) is 0 Å². The second-order valence-corrected chi connectivity index (χ2v) is 6.63. The van der Waals surface area contributed by atoms with E-state index in [1.54, 1.807) is 0 Å². The van der Waals surface area contributed by atoms with Crippen LogP contribution in [-0.4, -0.2) is 31.1 Å². The standard InChI is InChI=1S/C18H32N4O2/c1-2-3-4-8-12-21-18(24)22-16(17(23)20-13-11-19)14-15-9-6-5-7-10-15/h15-16H,2-10,12-14H2,1H3,(H,20,23)(H2,21,22,24)/t16-/m0/s1. The van der Waals surface area contributed by atoms with Crippen LogP contribution in [0, 0.1) is 17.2 Å². The highest BCUT2D eigenvalue weighted by molar-refractivity contribution is 5.87. The van der Waals surface area contributed by atoms with E-state index in [1.807, 2.05) is 6.07 Å². The van der Waals surface area contributed by atoms with Crippen LogP contribution in [0.5, 0.6) is 0 Å². The van der Waals surface area contributed by atoms with E-state index < -0.39 is 6.04 Å². The summed E-state index contributed by atoms with van der Waals surface area (Å²) in [6.07, 6.45) is 10.9. The Hall–Kier alpha value is -1.77. The van der Waals surface area contributed by atoms with E-state index in [0.29, 0.717) is 18.9 Å². The Labute approximate surface area is 145 Å². The van der Waals surface area contributed by atoms with Crippen molar-refractivity contribution < 1.29 is 9.59 Å². The van der Waals surface area contributed by atoms with Crippen LogP contribution in [0.15, 0.2) is 0 Å². The third-order valence-electron chi connectivity index (χ3n) is 4.57. The summed E-state index contributed by atoms with van der Waals surface area (Å²) in [5, 5.41) is 16.8. The van der Waals surface area contributed by atoms with Crippen LogP contribution in [0.4, 0.5) is 4.79 Å². The van der Waals surface area contributed by atoms with Gasteiger partial charge in [-0.05, 0) is 18.8 Å². The Morgan fingerprint density at radius 2 is 1.88 bits per heavy atom. The van der Waals surface area contributed by atoms with Crippen molar-refractivity contribution in [1.29, 1.82) is 5.26 Å². The largest absolute Gasteiger partial charge is 0.341 e. The molecule has 3 amide bonds. The minimum atomic E-state index is -0.558. The van der Waals surface area contributed by atoms with Crippen molar-refractivity contribution in [2.75, 3.05) is 13.1 Å². The van der Waals surface area contributed by atoms with Gasteiger partial charge in [0.1, 0.15) is 12.6 Å². The molecule has 1 aliphatic carbocycles. The zero-order chi connectivity index (χ0) is 17.6. The first kappa shape index (κ1) is 20.3. The summed E-state index contributed by atoms with van der Waals surface area (Å²) in [5.41, 5.74) is 0. The van der Waals surface area contributed by atoms with Gasteiger partial charge in [-0.1, -0.05) is 58.3 Å². The van der Waals surface area contributed by atoms with Crippen LogP contribution in [0.25, 0.3) is 0 Å². The molecule has 24 heavy (non-hydrogen) atoms. The average Bonchev–Trinajstić information content (AvgIpc) is 2.59. The maximum atomic E-state index is 12.2. The number of hydrogen-bond donors (Lipinski definition) is 3. The number of unbranched alkanes of at least 4 members (excludes halogenated alkanes) is 3. The van der Waals surface area contributed by atoms with Crippen molar-refractivity contribution in [3.05, 3.63) is 0 Å². The molecule has 136 valence electrons. The first-order chi connectivity index (χ1) is 11.7. The molecule has 6 nitrogen and oxygen atoms in total. The van der Waals surface area contributed by atoms with Crippen LogP contribution < -0.4 is 16.0 Å². The molecule has 1 aliphatic rings. The van der Waals surface area contributed by atoms with Gasteiger partial charge in [0.15, 0.2) is 0 Å². The number of nitrogens with zero attached hydrogens (tertiary/aromatic N) is 1. The molecule has 0 heterocycles. The molecule has 0 aliphatic heterocycles. The lowest BCUT2D eigenvalue weighted by Gasteiger charge is -2.26. The Balaban J connectivity index is 2.42. The lowest BCUT2D eigenvalue weighted by Crippen LogP contribution is -2.51. The van der Waals surface area contributed by atoms with E-state index in [4.69, 9.17) is 5.26 Å². The number of amides is 3. The summed E-state index contributed by atoms with van der Waals surface area (Å²) in [4.78, 5) is 24.3. The highest BCUT2D eigenvalue weighted by Gasteiger charge is 2.25. The van der Waals surface area contributed by atoms with Gasteiger partial charge >= 0.3 is 6.03 Å². The molecule has 0 radical (unpaired) electrons. The van der Waals surface area contributed by atoms with Gasteiger partial charge in [0.05, 0.1) is 6.07 Å². The highest BCUT2D eigenvalue weighted by Crippen LogP contribution is 2.27. The molecular weight excluding hydrogens is 304 g/mol. The fourth-order valence-electron chi connectivity index (χ4n) is 3.20. The molecular formula is C18H32N4O2. The lowest BCUT2D eigenvalue weighted by molar-refractivity contribution is -0.123. The lowest BCUT2D eigenvalue weighted by atomic mass is 9.84. The Morgan fingerprint density at radius 3 is 2.54 bits per heavy atom. The fraction of sp³-hybridized carbons (Fsp3) is 0.833. The summed E-state index contributed by atoms with van der Waals surface area (Å²) in [5.74, 6) is 0.213. The minimum Gasteiger partial charge on any atom is -0.341 e.